The zero-order valence-electron chi connectivity index (χ0n) is 8.18. The summed E-state index contributed by atoms with van der Waals surface area (Å²) in [4.78, 5) is 23.4. The van der Waals surface area contributed by atoms with Gasteiger partial charge in [0, 0.05) is 0 Å². The van der Waals surface area contributed by atoms with Crippen molar-refractivity contribution >= 4 is 17.5 Å². The Balaban J connectivity index is 2.91. The van der Waals surface area contributed by atoms with Crippen LogP contribution in [0, 0.1) is 15.9 Å². The normalized spacial score (nSPS) is 11.9. The molecule has 7 nitrogen and oxygen atoms in total. The molecule has 0 saturated heterocycles. The Bertz CT molecular complexity index is 437. The average molecular weight is 229 g/mol. The molecule has 0 aliphatic heterocycles. The van der Waals surface area contributed by atoms with Crippen LogP contribution in [-0.4, -0.2) is 27.0 Å². The molecule has 2 N–H and O–H groups in total. The molecule has 0 fully saturated rings. The van der Waals surface area contributed by atoms with Crippen molar-refractivity contribution in [2.24, 2.45) is 0 Å². The molecule has 16 heavy (non-hydrogen) atoms. The monoisotopic (exact) mass is 229 g/mol. The van der Waals surface area contributed by atoms with Gasteiger partial charge in [-0.3, -0.25) is 14.9 Å². The molecule has 0 unspecified atom stereocenters. The molecule has 8 heteroatoms. The van der Waals surface area contributed by atoms with Gasteiger partial charge in [0.05, 0.1) is 11.0 Å². The third kappa shape index (κ3) is 2.62. The van der Waals surface area contributed by atoms with Crippen molar-refractivity contribution in [1.29, 1.82) is 0 Å². The minimum Gasteiger partial charge on any atom is -0.480 e. The van der Waals surface area contributed by atoms with Gasteiger partial charge in [0.25, 0.3) is 5.69 Å². The quantitative estimate of drug-likeness (QED) is 0.589. The number of aromatic nitrogens is 1. The number of rotatable bonds is 4. The Morgan fingerprint density at radius 3 is 2.81 bits per heavy atom. The van der Waals surface area contributed by atoms with E-state index in [0.717, 1.165) is 6.20 Å². The Morgan fingerprint density at radius 1 is 1.75 bits per heavy atom. The van der Waals surface area contributed by atoms with E-state index >= 15 is 0 Å². The number of pyridine rings is 1. The summed E-state index contributed by atoms with van der Waals surface area (Å²) >= 11 is 0. The van der Waals surface area contributed by atoms with E-state index in [0.29, 0.717) is 6.07 Å². The number of hydrogen-bond acceptors (Lipinski definition) is 5. The number of carboxylic acids is 1. The number of halogens is 1. The van der Waals surface area contributed by atoms with Crippen molar-refractivity contribution in [1.82, 2.24) is 4.98 Å². The van der Waals surface area contributed by atoms with Crippen LogP contribution in [0.5, 0.6) is 0 Å². The molecule has 1 aromatic rings. The molecule has 0 saturated carbocycles. The molecule has 1 aromatic heterocycles. The lowest BCUT2D eigenvalue weighted by Gasteiger charge is -2.09. The van der Waals surface area contributed by atoms with Crippen LogP contribution in [0.1, 0.15) is 6.92 Å². The number of carboxylic acid groups (broad SMARTS) is 1. The highest BCUT2D eigenvalue weighted by Crippen LogP contribution is 2.17. The second-order valence-electron chi connectivity index (χ2n) is 2.99. The predicted molar refractivity (Wildman–Crippen MR) is 51.6 cm³/mol. The van der Waals surface area contributed by atoms with Crippen LogP contribution in [0.3, 0.4) is 0 Å². The zero-order chi connectivity index (χ0) is 12.3. The SMILES string of the molecule is C[C@H](Nc1ncc([N+](=O)[O-])cc1F)C(=O)O. The molecule has 0 aliphatic carbocycles. The fourth-order valence-corrected chi connectivity index (χ4v) is 0.901. The standard InChI is InChI=1S/C8H8FN3O4/c1-4(8(13)14)11-7-6(9)2-5(3-10-7)12(15)16/h2-4H,1H3,(H,10,11)(H,13,14)/t4-/m0/s1. The van der Waals surface area contributed by atoms with Crippen LogP contribution in [0.15, 0.2) is 12.3 Å². The molecule has 1 rings (SSSR count). The fourth-order valence-electron chi connectivity index (χ4n) is 0.901. The number of hydrogen-bond donors (Lipinski definition) is 2. The van der Waals surface area contributed by atoms with E-state index in [1.165, 1.54) is 6.92 Å². The summed E-state index contributed by atoms with van der Waals surface area (Å²) in [5, 5.41) is 21.1. The summed E-state index contributed by atoms with van der Waals surface area (Å²) in [5.41, 5.74) is -0.494. The highest BCUT2D eigenvalue weighted by Gasteiger charge is 2.16. The van der Waals surface area contributed by atoms with Crippen LogP contribution >= 0.6 is 0 Å². The second-order valence-corrected chi connectivity index (χ2v) is 2.99. The van der Waals surface area contributed by atoms with Crippen LogP contribution in [-0.2, 0) is 4.79 Å². The summed E-state index contributed by atoms with van der Waals surface area (Å²) in [6.45, 7) is 1.30. The average Bonchev–Trinajstić information content (AvgIpc) is 2.20. The van der Waals surface area contributed by atoms with Crippen molar-refractivity contribution in [2.45, 2.75) is 13.0 Å². The topological polar surface area (TPSA) is 105 Å². The number of anilines is 1. The van der Waals surface area contributed by atoms with E-state index in [2.05, 4.69) is 10.3 Å². The third-order valence-electron chi connectivity index (χ3n) is 1.76. The summed E-state index contributed by atoms with van der Waals surface area (Å²) in [6, 6.07) is -0.368. The smallest absolute Gasteiger partial charge is 0.325 e. The van der Waals surface area contributed by atoms with E-state index < -0.39 is 28.4 Å². The van der Waals surface area contributed by atoms with E-state index in [1.807, 2.05) is 0 Å². The molecular weight excluding hydrogens is 221 g/mol. The van der Waals surface area contributed by atoms with Gasteiger partial charge in [0.1, 0.15) is 12.2 Å². The van der Waals surface area contributed by atoms with Gasteiger partial charge in [-0.2, -0.15) is 0 Å². The van der Waals surface area contributed by atoms with Gasteiger partial charge < -0.3 is 10.4 Å². The maximum atomic E-state index is 13.2. The Kier molecular flexibility index (Phi) is 3.33. The lowest BCUT2D eigenvalue weighted by Crippen LogP contribution is -2.26. The highest BCUT2D eigenvalue weighted by molar-refractivity contribution is 5.76. The summed E-state index contributed by atoms with van der Waals surface area (Å²) < 4.78 is 13.2. The van der Waals surface area contributed by atoms with Gasteiger partial charge in [-0.25, -0.2) is 9.37 Å². The van der Waals surface area contributed by atoms with Crippen molar-refractivity contribution < 1.29 is 19.2 Å². The molecule has 0 aromatic carbocycles. The Hall–Kier alpha value is -2.25. The number of nitro groups is 1. The van der Waals surface area contributed by atoms with Gasteiger partial charge in [0.2, 0.25) is 0 Å². The van der Waals surface area contributed by atoms with E-state index in [1.54, 1.807) is 0 Å². The van der Waals surface area contributed by atoms with Gasteiger partial charge >= 0.3 is 5.97 Å². The summed E-state index contributed by atoms with van der Waals surface area (Å²) in [5.74, 6) is -2.48. The van der Waals surface area contributed by atoms with E-state index in [-0.39, 0.29) is 5.82 Å². The number of nitrogens with one attached hydrogen (secondary N) is 1. The van der Waals surface area contributed by atoms with Crippen LogP contribution in [0.4, 0.5) is 15.9 Å². The third-order valence-corrected chi connectivity index (χ3v) is 1.76. The maximum absolute atomic E-state index is 13.2. The zero-order valence-corrected chi connectivity index (χ0v) is 8.18. The number of carbonyl (C=O) groups is 1. The van der Waals surface area contributed by atoms with Gasteiger partial charge in [-0.1, -0.05) is 0 Å². The number of nitrogens with zero attached hydrogens (tertiary/aromatic N) is 2. The molecule has 0 spiro atoms. The molecule has 0 amide bonds. The molecule has 1 atom stereocenters. The minimum absolute atomic E-state index is 0.333. The lowest BCUT2D eigenvalue weighted by molar-refractivity contribution is -0.385. The number of aliphatic carboxylic acids is 1. The largest absolute Gasteiger partial charge is 0.480 e. The fraction of sp³-hybridized carbons (Fsp3) is 0.250. The molecule has 1 heterocycles. The van der Waals surface area contributed by atoms with Gasteiger partial charge in [-0.05, 0) is 6.92 Å². The first-order chi connectivity index (χ1) is 7.41. The van der Waals surface area contributed by atoms with Crippen molar-refractivity contribution in [3.8, 4) is 0 Å². The van der Waals surface area contributed by atoms with Gasteiger partial charge in [-0.15, -0.1) is 0 Å². The lowest BCUT2D eigenvalue weighted by atomic mass is 10.3. The van der Waals surface area contributed by atoms with E-state index in [4.69, 9.17) is 5.11 Å². The van der Waals surface area contributed by atoms with Crippen LogP contribution in [0.2, 0.25) is 0 Å². The predicted octanol–water partition coefficient (Wildman–Crippen LogP) is 1.01. The minimum atomic E-state index is -1.18. The highest BCUT2D eigenvalue weighted by atomic mass is 19.1. The van der Waals surface area contributed by atoms with Crippen LogP contribution in [0.25, 0.3) is 0 Å². The molecule has 86 valence electrons. The molecule has 0 radical (unpaired) electrons. The Labute approximate surface area is 89.1 Å². The first kappa shape index (κ1) is 11.8. The van der Waals surface area contributed by atoms with Crippen molar-refractivity contribution in [3.63, 3.8) is 0 Å². The molecule has 0 bridgehead atoms. The van der Waals surface area contributed by atoms with Crippen molar-refractivity contribution in [3.05, 3.63) is 28.2 Å². The Morgan fingerprint density at radius 2 is 2.38 bits per heavy atom. The van der Waals surface area contributed by atoms with Crippen molar-refractivity contribution in [2.75, 3.05) is 5.32 Å². The second kappa shape index (κ2) is 4.51. The first-order valence-electron chi connectivity index (χ1n) is 4.21. The summed E-state index contributed by atoms with van der Waals surface area (Å²) in [7, 11) is 0. The van der Waals surface area contributed by atoms with E-state index in [9.17, 15) is 19.3 Å². The molecular formula is C8H8FN3O4. The molecule has 0 aliphatic rings. The van der Waals surface area contributed by atoms with Gasteiger partial charge in [0.15, 0.2) is 11.6 Å². The maximum Gasteiger partial charge on any atom is 0.325 e. The first-order valence-corrected chi connectivity index (χ1v) is 4.21. The van der Waals surface area contributed by atoms with Crippen LogP contribution < -0.4 is 5.32 Å². The summed E-state index contributed by atoms with van der Waals surface area (Å²) in [6.07, 6.45) is 0.847.